The standard InChI is InChI=1S/C13H25F2N/c1-9(11(14)15)16-10-6-12(2,3)8-13(4,5)7-10/h9-11,16H,6-8H2,1-5H3. The average molecular weight is 233 g/mol. The van der Waals surface area contributed by atoms with Gasteiger partial charge in [-0.25, -0.2) is 8.78 Å². The summed E-state index contributed by atoms with van der Waals surface area (Å²) >= 11 is 0. The van der Waals surface area contributed by atoms with Crippen LogP contribution >= 0.6 is 0 Å². The quantitative estimate of drug-likeness (QED) is 0.781. The Morgan fingerprint density at radius 3 is 1.88 bits per heavy atom. The van der Waals surface area contributed by atoms with Crippen LogP contribution in [0.15, 0.2) is 0 Å². The van der Waals surface area contributed by atoms with Crippen LogP contribution in [0.5, 0.6) is 0 Å². The summed E-state index contributed by atoms with van der Waals surface area (Å²) in [5.41, 5.74) is 0.502. The fraction of sp³-hybridized carbons (Fsp3) is 1.00. The zero-order valence-electron chi connectivity index (χ0n) is 11.1. The topological polar surface area (TPSA) is 12.0 Å². The molecular formula is C13H25F2N. The zero-order valence-corrected chi connectivity index (χ0v) is 11.1. The monoisotopic (exact) mass is 233 g/mol. The molecule has 1 nitrogen and oxygen atoms in total. The number of alkyl halides is 2. The molecule has 0 aliphatic heterocycles. The van der Waals surface area contributed by atoms with Crippen molar-refractivity contribution in [1.82, 2.24) is 5.32 Å². The molecule has 1 aliphatic rings. The van der Waals surface area contributed by atoms with Gasteiger partial charge in [0, 0.05) is 6.04 Å². The van der Waals surface area contributed by atoms with Gasteiger partial charge in [0.15, 0.2) is 0 Å². The highest BCUT2D eigenvalue weighted by molar-refractivity contribution is 4.93. The molecule has 1 unspecified atom stereocenters. The van der Waals surface area contributed by atoms with Gasteiger partial charge in [-0.05, 0) is 37.0 Å². The summed E-state index contributed by atoms with van der Waals surface area (Å²) in [6, 6.07) is -0.475. The van der Waals surface area contributed by atoms with Crippen LogP contribution in [-0.2, 0) is 0 Å². The third-order valence-electron chi connectivity index (χ3n) is 3.43. The molecule has 3 heteroatoms. The van der Waals surface area contributed by atoms with E-state index in [0.717, 1.165) is 12.8 Å². The van der Waals surface area contributed by atoms with Crippen LogP contribution in [0.2, 0.25) is 0 Å². The normalized spacial score (nSPS) is 27.0. The predicted octanol–water partition coefficient (Wildman–Crippen LogP) is 3.83. The molecule has 0 aromatic heterocycles. The third kappa shape index (κ3) is 4.00. The van der Waals surface area contributed by atoms with E-state index in [1.807, 2.05) is 0 Å². The van der Waals surface area contributed by atoms with Crippen molar-refractivity contribution in [2.75, 3.05) is 0 Å². The molecule has 1 atom stereocenters. The number of rotatable bonds is 3. The second kappa shape index (κ2) is 4.59. The maximum Gasteiger partial charge on any atom is 0.253 e. The van der Waals surface area contributed by atoms with Crippen molar-refractivity contribution in [1.29, 1.82) is 0 Å². The van der Waals surface area contributed by atoms with Gasteiger partial charge in [-0.1, -0.05) is 27.7 Å². The van der Waals surface area contributed by atoms with Crippen molar-refractivity contribution in [2.45, 2.75) is 72.4 Å². The van der Waals surface area contributed by atoms with Gasteiger partial charge in [0.25, 0.3) is 6.43 Å². The fourth-order valence-corrected chi connectivity index (χ4v) is 3.41. The minimum Gasteiger partial charge on any atom is -0.306 e. The largest absolute Gasteiger partial charge is 0.306 e. The predicted molar refractivity (Wildman–Crippen MR) is 63.8 cm³/mol. The van der Waals surface area contributed by atoms with E-state index < -0.39 is 12.5 Å². The molecule has 0 bridgehead atoms. The van der Waals surface area contributed by atoms with E-state index in [2.05, 4.69) is 33.0 Å². The number of nitrogens with one attached hydrogen (secondary N) is 1. The highest BCUT2D eigenvalue weighted by Crippen LogP contribution is 2.45. The zero-order chi connectivity index (χ0) is 12.6. The molecule has 0 radical (unpaired) electrons. The van der Waals surface area contributed by atoms with Gasteiger partial charge in [-0.2, -0.15) is 0 Å². The Kier molecular flexibility index (Phi) is 3.99. The maximum atomic E-state index is 12.5. The SMILES string of the molecule is CC(NC1CC(C)(C)CC(C)(C)C1)C(F)F. The molecule has 1 aliphatic carbocycles. The fourth-order valence-electron chi connectivity index (χ4n) is 3.41. The molecule has 0 aromatic carbocycles. The van der Waals surface area contributed by atoms with Gasteiger partial charge in [0.1, 0.15) is 0 Å². The van der Waals surface area contributed by atoms with Crippen molar-refractivity contribution < 1.29 is 8.78 Å². The summed E-state index contributed by atoms with van der Waals surface area (Å²) in [6.07, 6.45) is 0.885. The second-order valence-electron chi connectivity index (χ2n) is 6.90. The lowest BCUT2D eigenvalue weighted by atomic mass is 9.63. The minimum absolute atomic E-state index is 0.225. The number of halogens is 2. The van der Waals surface area contributed by atoms with Gasteiger partial charge in [0.05, 0.1) is 6.04 Å². The van der Waals surface area contributed by atoms with Crippen LogP contribution < -0.4 is 5.32 Å². The molecule has 0 aromatic rings. The van der Waals surface area contributed by atoms with Crippen LogP contribution in [0.4, 0.5) is 8.78 Å². The summed E-state index contributed by atoms with van der Waals surface area (Å²) in [4.78, 5) is 0. The summed E-state index contributed by atoms with van der Waals surface area (Å²) in [5, 5.41) is 3.08. The van der Waals surface area contributed by atoms with Gasteiger partial charge < -0.3 is 5.32 Å². The molecule has 0 amide bonds. The number of hydrogen-bond acceptors (Lipinski definition) is 1. The van der Waals surface area contributed by atoms with E-state index in [1.54, 1.807) is 6.92 Å². The highest BCUT2D eigenvalue weighted by atomic mass is 19.3. The van der Waals surface area contributed by atoms with Gasteiger partial charge in [-0.3, -0.25) is 0 Å². The van der Waals surface area contributed by atoms with E-state index in [-0.39, 0.29) is 16.9 Å². The summed E-state index contributed by atoms with van der Waals surface area (Å²) in [7, 11) is 0. The van der Waals surface area contributed by atoms with E-state index in [0.29, 0.717) is 0 Å². The molecule has 0 saturated heterocycles. The number of hydrogen-bond donors (Lipinski definition) is 1. The lowest BCUT2D eigenvalue weighted by molar-refractivity contribution is 0.0527. The first kappa shape index (κ1) is 13.9. The van der Waals surface area contributed by atoms with Crippen LogP contribution in [0, 0.1) is 10.8 Å². The minimum atomic E-state index is -2.27. The molecule has 0 heterocycles. The van der Waals surface area contributed by atoms with Gasteiger partial charge >= 0.3 is 0 Å². The molecule has 1 saturated carbocycles. The molecule has 1 rings (SSSR count). The van der Waals surface area contributed by atoms with Crippen molar-refractivity contribution >= 4 is 0 Å². The summed E-state index contributed by atoms with van der Waals surface area (Å²) < 4.78 is 25.0. The summed E-state index contributed by atoms with van der Waals surface area (Å²) in [6.45, 7) is 10.5. The van der Waals surface area contributed by atoms with E-state index in [9.17, 15) is 8.78 Å². The van der Waals surface area contributed by atoms with Crippen LogP contribution in [-0.4, -0.2) is 18.5 Å². The third-order valence-corrected chi connectivity index (χ3v) is 3.43. The van der Waals surface area contributed by atoms with Gasteiger partial charge in [0.2, 0.25) is 0 Å². The molecule has 1 N–H and O–H groups in total. The van der Waals surface area contributed by atoms with E-state index in [1.165, 1.54) is 6.42 Å². The van der Waals surface area contributed by atoms with Crippen LogP contribution in [0.25, 0.3) is 0 Å². The Balaban J connectivity index is 2.61. The van der Waals surface area contributed by atoms with Crippen molar-refractivity contribution in [2.24, 2.45) is 10.8 Å². The smallest absolute Gasteiger partial charge is 0.253 e. The molecule has 16 heavy (non-hydrogen) atoms. The Labute approximate surface area is 98.0 Å². The lowest BCUT2D eigenvalue weighted by Gasteiger charge is -2.46. The maximum absolute atomic E-state index is 12.5. The average Bonchev–Trinajstić information content (AvgIpc) is 1.96. The first-order valence-electron chi connectivity index (χ1n) is 6.16. The molecule has 96 valence electrons. The molecule has 0 spiro atoms. The first-order chi connectivity index (χ1) is 7.11. The first-order valence-corrected chi connectivity index (χ1v) is 6.16. The molecular weight excluding hydrogens is 208 g/mol. The van der Waals surface area contributed by atoms with Gasteiger partial charge in [-0.15, -0.1) is 0 Å². The second-order valence-corrected chi connectivity index (χ2v) is 6.90. The summed E-state index contributed by atoms with van der Waals surface area (Å²) in [5.74, 6) is 0. The van der Waals surface area contributed by atoms with Crippen molar-refractivity contribution in [3.63, 3.8) is 0 Å². The Bertz CT molecular complexity index is 220. The Morgan fingerprint density at radius 1 is 1.06 bits per heavy atom. The van der Waals surface area contributed by atoms with Crippen molar-refractivity contribution in [3.05, 3.63) is 0 Å². The highest BCUT2D eigenvalue weighted by Gasteiger charge is 2.39. The van der Waals surface area contributed by atoms with Crippen LogP contribution in [0.1, 0.15) is 53.9 Å². The lowest BCUT2D eigenvalue weighted by Crippen LogP contribution is -2.48. The van der Waals surface area contributed by atoms with Crippen LogP contribution in [0.3, 0.4) is 0 Å². The molecule has 1 fully saturated rings. The van der Waals surface area contributed by atoms with Crippen molar-refractivity contribution in [3.8, 4) is 0 Å². The Morgan fingerprint density at radius 2 is 1.50 bits per heavy atom. The van der Waals surface area contributed by atoms with E-state index in [4.69, 9.17) is 0 Å². The van der Waals surface area contributed by atoms with E-state index >= 15 is 0 Å². The Hall–Kier alpha value is -0.180.